The van der Waals surface area contributed by atoms with Gasteiger partial charge in [0.05, 0.1) is 12.1 Å². The number of benzene rings is 1. The van der Waals surface area contributed by atoms with E-state index in [9.17, 15) is 9.18 Å². The number of imidazole rings is 1. The van der Waals surface area contributed by atoms with Gasteiger partial charge in [-0.25, -0.2) is 9.37 Å². The maximum atomic E-state index is 13.0. The van der Waals surface area contributed by atoms with Gasteiger partial charge in [0.15, 0.2) is 0 Å². The van der Waals surface area contributed by atoms with E-state index in [0.29, 0.717) is 12.3 Å². The Kier molecular flexibility index (Phi) is 4.76. The number of piperidine rings is 1. The Labute approximate surface area is 162 Å². The molecule has 0 saturated carbocycles. The van der Waals surface area contributed by atoms with E-state index in [1.165, 1.54) is 33.2 Å². The van der Waals surface area contributed by atoms with Gasteiger partial charge >= 0.3 is 0 Å². The Morgan fingerprint density at radius 3 is 2.52 bits per heavy atom. The third-order valence-corrected chi connectivity index (χ3v) is 6.81. The van der Waals surface area contributed by atoms with Crippen LogP contribution in [0.2, 0.25) is 0 Å². The molecule has 1 amide bonds. The van der Waals surface area contributed by atoms with Gasteiger partial charge in [0.25, 0.3) is 0 Å². The number of carbonyl (C=O) groups is 1. The highest BCUT2D eigenvalue weighted by Crippen LogP contribution is 2.35. The van der Waals surface area contributed by atoms with Crippen LogP contribution in [0.4, 0.5) is 4.39 Å². The molecular formula is C21H24FN3OS. The first-order chi connectivity index (χ1) is 12.9. The fourth-order valence-corrected chi connectivity index (χ4v) is 5.17. The van der Waals surface area contributed by atoms with E-state index in [0.717, 1.165) is 37.3 Å². The molecule has 0 unspecified atom stereocenters. The number of fused-ring (bicyclic) bond motifs is 1. The summed E-state index contributed by atoms with van der Waals surface area (Å²) in [5.74, 6) is 1.31. The SMILES string of the molecule is Cc1sc2c(C3CCN(C(=O)Cc4ccc(F)cc4)CC3)nc(C)n2c1C. The number of rotatable bonds is 3. The molecule has 3 heterocycles. The molecule has 0 radical (unpaired) electrons. The van der Waals surface area contributed by atoms with E-state index in [1.54, 1.807) is 12.1 Å². The highest BCUT2D eigenvalue weighted by atomic mass is 32.1. The predicted octanol–water partition coefficient (Wildman–Crippen LogP) is 4.41. The quantitative estimate of drug-likeness (QED) is 0.670. The third-order valence-electron chi connectivity index (χ3n) is 5.63. The summed E-state index contributed by atoms with van der Waals surface area (Å²) in [5.41, 5.74) is 3.33. The molecule has 2 aromatic heterocycles. The van der Waals surface area contributed by atoms with Crippen LogP contribution in [0.5, 0.6) is 0 Å². The van der Waals surface area contributed by atoms with Crippen LogP contribution in [0.1, 0.15) is 46.4 Å². The summed E-state index contributed by atoms with van der Waals surface area (Å²) in [4.78, 5) is 22.0. The summed E-state index contributed by atoms with van der Waals surface area (Å²) in [5, 5.41) is 0. The van der Waals surface area contributed by atoms with Gasteiger partial charge in [0, 0.05) is 29.6 Å². The van der Waals surface area contributed by atoms with Crippen molar-refractivity contribution < 1.29 is 9.18 Å². The molecule has 0 aliphatic carbocycles. The first-order valence-electron chi connectivity index (χ1n) is 9.41. The van der Waals surface area contributed by atoms with Crippen molar-refractivity contribution >= 4 is 22.1 Å². The summed E-state index contributed by atoms with van der Waals surface area (Å²) in [6.45, 7) is 7.89. The number of thiazole rings is 1. The molecule has 1 aromatic carbocycles. The van der Waals surface area contributed by atoms with Gasteiger partial charge in [-0.15, -0.1) is 11.3 Å². The number of nitrogens with zero attached hydrogens (tertiary/aromatic N) is 3. The third kappa shape index (κ3) is 3.38. The molecule has 3 aromatic rings. The molecule has 0 N–H and O–H groups in total. The van der Waals surface area contributed by atoms with Crippen LogP contribution in [-0.4, -0.2) is 33.3 Å². The lowest BCUT2D eigenvalue weighted by molar-refractivity contribution is -0.131. The Morgan fingerprint density at radius 1 is 1.19 bits per heavy atom. The fraction of sp³-hybridized carbons (Fsp3) is 0.429. The molecule has 0 spiro atoms. The van der Waals surface area contributed by atoms with Crippen molar-refractivity contribution in [3.05, 3.63) is 57.7 Å². The van der Waals surface area contributed by atoms with Crippen LogP contribution >= 0.6 is 11.3 Å². The van der Waals surface area contributed by atoms with E-state index >= 15 is 0 Å². The topological polar surface area (TPSA) is 37.6 Å². The van der Waals surface area contributed by atoms with Gasteiger partial charge in [0.2, 0.25) is 5.91 Å². The van der Waals surface area contributed by atoms with Gasteiger partial charge in [-0.05, 0) is 51.3 Å². The van der Waals surface area contributed by atoms with E-state index in [4.69, 9.17) is 4.98 Å². The molecule has 27 heavy (non-hydrogen) atoms. The average Bonchev–Trinajstić information content (AvgIpc) is 3.14. The zero-order valence-corrected chi connectivity index (χ0v) is 16.8. The number of aromatic nitrogens is 2. The van der Waals surface area contributed by atoms with Crippen LogP contribution < -0.4 is 0 Å². The second kappa shape index (κ2) is 7.08. The highest BCUT2D eigenvalue weighted by molar-refractivity contribution is 7.17. The molecule has 4 nitrogen and oxygen atoms in total. The number of amides is 1. The Bertz CT molecular complexity index is 981. The van der Waals surface area contributed by atoms with Crippen molar-refractivity contribution in [2.75, 3.05) is 13.1 Å². The Balaban J connectivity index is 1.44. The minimum absolute atomic E-state index is 0.119. The molecule has 6 heteroatoms. The highest BCUT2D eigenvalue weighted by Gasteiger charge is 2.28. The van der Waals surface area contributed by atoms with Gasteiger partial charge in [-0.1, -0.05) is 12.1 Å². The molecule has 4 rings (SSSR count). The lowest BCUT2D eigenvalue weighted by atomic mass is 9.93. The van der Waals surface area contributed by atoms with Gasteiger partial charge in [-0.3, -0.25) is 9.20 Å². The molecule has 142 valence electrons. The molecule has 1 aliphatic rings. The smallest absolute Gasteiger partial charge is 0.226 e. The number of hydrogen-bond acceptors (Lipinski definition) is 3. The van der Waals surface area contributed by atoms with Gasteiger partial charge in [0.1, 0.15) is 16.5 Å². The summed E-state index contributed by atoms with van der Waals surface area (Å²) in [6.07, 6.45) is 2.22. The second-order valence-electron chi connectivity index (χ2n) is 7.39. The van der Waals surface area contributed by atoms with Crippen LogP contribution in [-0.2, 0) is 11.2 Å². The van der Waals surface area contributed by atoms with Crippen molar-refractivity contribution in [1.29, 1.82) is 0 Å². The van der Waals surface area contributed by atoms with Gasteiger partial charge < -0.3 is 4.90 Å². The maximum Gasteiger partial charge on any atom is 0.226 e. The van der Waals surface area contributed by atoms with E-state index < -0.39 is 0 Å². The van der Waals surface area contributed by atoms with E-state index in [1.807, 2.05) is 16.2 Å². The Hall–Kier alpha value is -2.21. The van der Waals surface area contributed by atoms with Crippen molar-refractivity contribution in [3.8, 4) is 0 Å². The standard InChI is InChI=1S/C21H24FN3OS/c1-13-14(2)27-21-20(23-15(3)25(13)21)17-8-10-24(11-9-17)19(26)12-16-4-6-18(22)7-5-16/h4-7,17H,8-12H2,1-3H3. The van der Waals surface area contributed by atoms with Crippen LogP contribution in [0.25, 0.3) is 4.83 Å². The van der Waals surface area contributed by atoms with E-state index in [-0.39, 0.29) is 11.7 Å². The van der Waals surface area contributed by atoms with Crippen molar-refractivity contribution in [3.63, 3.8) is 0 Å². The number of hydrogen-bond donors (Lipinski definition) is 0. The number of carbonyl (C=O) groups excluding carboxylic acids is 1. The number of likely N-dealkylation sites (tertiary alicyclic amines) is 1. The molecular weight excluding hydrogens is 361 g/mol. The second-order valence-corrected chi connectivity index (χ2v) is 8.59. The summed E-state index contributed by atoms with van der Waals surface area (Å²) in [7, 11) is 0. The first kappa shape index (κ1) is 18.2. The maximum absolute atomic E-state index is 13.0. The minimum Gasteiger partial charge on any atom is -0.342 e. The van der Waals surface area contributed by atoms with Crippen LogP contribution in [0.15, 0.2) is 24.3 Å². The summed E-state index contributed by atoms with van der Waals surface area (Å²) in [6, 6.07) is 6.19. The van der Waals surface area contributed by atoms with Crippen LogP contribution in [0.3, 0.4) is 0 Å². The Morgan fingerprint density at radius 2 is 1.85 bits per heavy atom. The molecule has 1 aliphatic heterocycles. The lowest BCUT2D eigenvalue weighted by Crippen LogP contribution is -2.38. The van der Waals surface area contributed by atoms with Crippen molar-refractivity contribution in [1.82, 2.24) is 14.3 Å². The normalized spacial score (nSPS) is 15.6. The molecule has 0 atom stereocenters. The van der Waals surface area contributed by atoms with E-state index in [2.05, 4.69) is 25.2 Å². The molecule has 0 bridgehead atoms. The zero-order valence-electron chi connectivity index (χ0n) is 16.0. The van der Waals surface area contributed by atoms with Crippen molar-refractivity contribution in [2.24, 2.45) is 0 Å². The van der Waals surface area contributed by atoms with Crippen molar-refractivity contribution in [2.45, 2.75) is 46.0 Å². The van der Waals surface area contributed by atoms with Crippen LogP contribution in [0, 0.1) is 26.6 Å². The minimum atomic E-state index is -0.271. The summed E-state index contributed by atoms with van der Waals surface area (Å²) >= 11 is 1.82. The fourth-order valence-electron chi connectivity index (χ4n) is 3.96. The number of aryl methyl sites for hydroxylation is 3. The number of halogens is 1. The molecule has 1 fully saturated rings. The zero-order chi connectivity index (χ0) is 19.1. The molecule has 1 saturated heterocycles. The average molecular weight is 386 g/mol. The van der Waals surface area contributed by atoms with Gasteiger partial charge in [-0.2, -0.15) is 0 Å². The lowest BCUT2D eigenvalue weighted by Gasteiger charge is -2.31. The summed E-state index contributed by atoms with van der Waals surface area (Å²) < 4.78 is 15.3. The largest absolute Gasteiger partial charge is 0.342 e. The monoisotopic (exact) mass is 385 g/mol. The predicted molar refractivity (Wildman–Crippen MR) is 106 cm³/mol. The first-order valence-corrected chi connectivity index (χ1v) is 10.2.